The average molecular weight is 561 g/mol. The van der Waals surface area contributed by atoms with Gasteiger partial charge in [0.15, 0.2) is 0 Å². The van der Waals surface area contributed by atoms with Crippen molar-refractivity contribution in [2.24, 2.45) is 11.8 Å². The minimum atomic E-state index is -4.02. The first kappa shape index (κ1) is 30.7. The molecular formula is C28H40N4O6S. The number of rotatable bonds is 13. The number of anilines is 1. The van der Waals surface area contributed by atoms with Crippen molar-refractivity contribution >= 4 is 27.5 Å². The lowest BCUT2D eigenvalue weighted by Crippen LogP contribution is -2.54. The van der Waals surface area contributed by atoms with Gasteiger partial charge in [-0.1, -0.05) is 39.3 Å². The molecule has 39 heavy (non-hydrogen) atoms. The minimum Gasteiger partial charge on any atom is -0.379 e. The Morgan fingerprint density at radius 2 is 1.67 bits per heavy atom. The number of carbonyl (C=O) groups excluding carboxylic acids is 2. The van der Waals surface area contributed by atoms with Gasteiger partial charge in [0, 0.05) is 36.9 Å². The summed E-state index contributed by atoms with van der Waals surface area (Å²) in [7, 11) is -4.02. The van der Waals surface area contributed by atoms with E-state index in [0.29, 0.717) is 37.6 Å². The van der Waals surface area contributed by atoms with Gasteiger partial charge in [-0.25, -0.2) is 18.6 Å². The fourth-order valence-corrected chi connectivity index (χ4v) is 5.95. The first-order chi connectivity index (χ1) is 18.6. The van der Waals surface area contributed by atoms with Gasteiger partial charge < -0.3 is 10.1 Å². The summed E-state index contributed by atoms with van der Waals surface area (Å²) in [4.78, 5) is 27.2. The third-order valence-corrected chi connectivity index (χ3v) is 8.39. The Hall–Kier alpha value is -2.83. The number of hydroxylamine groups is 1. The summed E-state index contributed by atoms with van der Waals surface area (Å²) in [6.45, 7) is 8.29. The zero-order valence-corrected chi connectivity index (χ0v) is 23.7. The summed E-state index contributed by atoms with van der Waals surface area (Å²) in [6.07, 6.45) is 3.17. The summed E-state index contributed by atoms with van der Waals surface area (Å²) in [5.41, 5.74) is 3.83. The molecule has 0 aliphatic carbocycles. The Kier molecular flexibility index (Phi) is 11.4. The molecule has 3 rings (SSSR count). The van der Waals surface area contributed by atoms with Crippen molar-refractivity contribution in [2.75, 3.05) is 38.2 Å². The van der Waals surface area contributed by atoms with Crippen LogP contribution in [0.4, 0.5) is 5.69 Å². The number of nitrogens with zero attached hydrogens (tertiary/aromatic N) is 1. The summed E-state index contributed by atoms with van der Waals surface area (Å²) in [6, 6.07) is 12.5. The van der Waals surface area contributed by atoms with E-state index >= 15 is 0 Å². The molecule has 11 heteroatoms. The largest absolute Gasteiger partial charge is 0.379 e. The van der Waals surface area contributed by atoms with Crippen LogP contribution in [0.1, 0.15) is 49.5 Å². The van der Waals surface area contributed by atoms with Crippen LogP contribution in [0.15, 0.2) is 53.4 Å². The smallest absolute Gasteiger partial charge is 0.255 e. The summed E-state index contributed by atoms with van der Waals surface area (Å²) in [5.74, 6) is -1.99. The molecule has 1 heterocycles. The van der Waals surface area contributed by atoms with E-state index in [1.165, 1.54) is 29.8 Å². The fourth-order valence-electron chi connectivity index (χ4n) is 4.70. The Morgan fingerprint density at radius 1 is 1.03 bits per heavy atom. The van der Waals surface area contributed by atoms with E-state index in [1.807, 2.05) is 17.0 Å². The van der Waals surface area contributed by atoms with Crippen LogP contribution in [0.25, 0.3) is 0 Å². The summed E-state index contributed by atoms with van der Waals surface area (Å²) < 4.78 is 34.8. The Bertz CT molecular complexity index is 1180. The molecule has 0 aromatic heterocycles. The molecule has 0 bridgehead atoms. The average Bonchev–Trinajstić information content (AvgIpc) is 2.92. The molecule has 2 aromatic carbocycles. The van der Waals surface area contributed by atoms with Crippen LogP contribution in [-0.2, 0) is 26.0 Å². The van der Waals surface area contributed by atoms with Crippen LogP contribution in [0.5, 0.6) is 0 Å². The maximum atomic E-state index is 13.3. The maximum Gasteiger partial charge on any atom is 0.255 e. The summed E-state index contributed by atoms with van der Waals surface area (Å²) in [5, 5.41) is 12.1. The third kappa shape index (κ3) is 8.84. The number of hydrogen-bond donors (Lipinski definition) is 4. The molecule has 0 radical (unpaired) electrons. The molecule has 1 unspecified atom stereocenters. The minimum absolute atomic E-state index is 0.000309. The van der Waals surface area contributed by atoms with Crippen LogP contribution in [0, 0.1) is 11.8 Å². The first-order valence-electron chi connectivity index (χ1n) is 13.4. The number of benzene rings is 2. The monoisotopic (exact) mass is 560 g/mol. The van der Waals surface area contributed by atoms with Gasteiger partial charge in [-0.15, -0.1) is 0 Å². The molecular weight excluding hydrogens is 520 g/mol. The number of nitrogens with one attached hydrogen (secondary N) is 3. The topological polar surface area (TPSA) is 137 Å². The highest BCUT2D eigenvalue weighted by atomic mass is 32.2. The van der Waals surface area contributed by atoms with Crippen molar-refractivity contribution in [2.45, 2.75) is 51.0 Å². The molecule has 1 fully saturated rings. The van der Waals surface area contributed by atoms with E-state index in [9.17, 15) is 23.2 Å². The summed E-state index contributed by atoms with van der Waals surface area (Å²) >= 11 is 0. The van der Waals surface area contributed by atoms with Crippen LogP contribution in [0.3, 0.4) is 0 Å². The lowest BCUT2D eigenvalue weighted by molar-refractivity contribution is -0.136. The second-order valence-electron chi connectivity index (χ2n) is 10.2. The van der Waals surface area contributed by atoms with E-state index in [-0.39, 0.29) is 23.3 Å². The van der Waals surface area contributed by atoms with Crippen LogP contribution >= 0.6 is 0 Å². The van der Waals surface area contributed by atoms with Gasteiger partial charge in [-0.3, -0.25) is 19.7 Å². The Labute approximate surface area is 231 Å². The van der Waals surface area contributed by atoms with Crippen LogP contribution in [-0.4, -0.2) is 69.2 Å². The number of aryl methyl sites for hydroxylation is 1. The SMILES string of the molecule is CCCCc1ccc(C(=O)Nc2ccc(S(=O)(=O)N[C@@H](CN3CCOCC3)C(C(=O)NO)C(C)C)cc2)cc1. The molecule has 1 saturated heterocycles. The van der Waals surface area contributed by atoms with Crippen molar-refractivity contribution in [3.63, 3.8) is 0 Å². The number of hydrogen-bond acceptors (Lipinski definition) is 7. The van der Waals surface area contributed by atoms with E-state index < -0.39 is 27.9 Å². The van der Waals surface area contributed by atoms with Gasteiger partial charge in [-0.2, -0.15) is 0 Å². The Balaban J connectivity index is 1.72. The predicted molar refractivity (Wildman–Crippen MR) is 149 cm³/mol. The molecule has 1 aliphatic heterocycles. The van der Waals surface area contributed by atoms with Gasteiger partial charge in [0.05, 0.1) is 24.0 Å². The highest BCUT2D eigenvalue weighted by Gasteiger charge is 2.35. The van der Waals surface area contributed by atoms with Crippen molar-refractivity contribution in [1.29, 1.82) is 0 Å². The molecule has 0 spiro atoms. The number of amides is 2. The van der Waals surface area contributed by atoms with Gasteiger partial charge >= 0.3 is 0 Å². The standard InChI is InChI=1S/C28H40N4O6S/c1-4-5-6-21-7-9-22(10-8-21)27(33)29-23-11-13-24(14-12-23)39(36,37)31-25(19-32-15-17-38-18-16-32)26(20(2)3)28(34)30-35/h7-14,20,25-26,31,35H,4-6,15-19H2,1-3H3,(H,29,33)(H,30,34)/t25-,26?/m0/s1. The first-order valence-corrected chi connectivity index (χ1v) is 14.9. The lowest BCUT2D eigenvalue weighted by Gasteiger charge is -2.35. The maximum absolute atomic E-state index is 13.3. The highest BCUT2D eigenvalue weighted by molar-refractivity contribution is 7.89. The fraction of sp³-hybridized carbons (Fsp3) is 0.500. The van der Waals surface area contributed by atoms with E-state index in [2.05, 4.69) is 17.0 Å². The Morgan fingerprint density at radius 3 is 2.23 bits per heavy atom. The van der Waals surface area contributed by atoms with Crippen LogP contribution in [0.2, 0.25) is 0 Å². The molecule has 1 aliphatic rings. The van der Waals surface area contributed by atoms with Gasteiger partial charge in [-0.05, 0) is 60.7 Å². The number of carbonyl (C=O) groups is 2. The molecule has 10 nitrogen and oxygen atoms in total. The number of ether oxygens (including phenoxy) is 1. The molecule has 0 saturated carbocycles. The molecule has 2 atom stereocenters. The van der Waals surface area contributed by atoms with Gasteiger partial charge in [0.2, 0.25) is 15.9 Å². The quantitative estimate of drug-likeness (QED) is 0.218. The number of morpholine rings is 1. The second-order valence-corrected chi connectivity index (χ2v) is 11.9. The van der Waals surface area contributed by atoms with Gasteiger partial charge in [0.25, 0.3) is 5.91 Å². The van der Waals surface area contributed by atoms with E-state index in [1.54, 1.807) is 31.5 Å². The zero-order valence-electron chi connectivity index (χ0n) is 22.9. The lowest BCUT2D eigenvalue weighted by atomic mass is 9.88. The zero-order chi connectivity index (χ0) is 28.4. The third-order valence-electron chi connectivity index (χ3n) is 6.89. The second kappa shape index (κ2) is 14.5. The molecule has 2 aromatic rings. The highest BCUT2D eigenvalue weighted by Crippen LogP contribution is 2.22. The van der Waals surface area contributed by atoms with Gasteiger partial charge in [0.1, 0.15) is 0 Å². The van der Waals surface area contributed by atoms with Crippen LogP contribution < -0.4 is 15.5 Å². The normalized spacial score (nSPS) is 16.0. The predicted octanol–water partition coefficient (Wildman–Crippen LogP) is 3.04. The van der Waals surface area contributed by atoms with E-state index in [4.69, 9.17) is 4.74 Å². The molecule has 2 amide bonds. The van der Waals surface area contributed by atoms with Crippen molar-refractivity contribution in [3.05, 3.63) is 59.7 Å². The number of unbranched alkanes of at least 4 members (excludes halogenated alkanes) is 1. The number of sulfonamides is 1. The van der Waals surface area contributed by atoms with Crippen molar-refractivity contribution < 1.29 is 28.0 Å². The molecule has 214 valence electrons. The van der Waals surface area contributed by atoms with Crippen molar-refractivity contribution in [3.8, 4) is 0 Å². The van der Waals surface area contributed by atoms with E-state index in [0.717, 1.165) is 19.3 Å². The van der Waals surface area contributed by atoms with Crippen molar-refractivity contribution in [1.82, 2.24) is 15.1 Å². The molecule has 4 N–H and O–H groups in total.